The van der Waals surface area contributed by atoms with Crippen LogP contribution in [-0.2, 0) is 0 Å². The molecule has 15 heavy (non-hydrogen) atoms. The maximum Gasteiger partial charge on any atom is 0.00244 e. The molecule has 0 radical (unpaired) electrons. The molecule has 3 atom stereocenters. The molecule has 1 rings (SSSR count). The number of nitrogens with two attached hydrogens (primary N) is 1. The lowest BCUT2D eigenvalue weighted by Gasteiger charge is -2.37. The lowest BCUT2D eigenvalue weighted by Crippen LogP contribution is -2.44. The van der Waals surface area contributed by atoms with E-state index in [-0.39, 0.29) is 0 Å². The highest BCUT2D eigenvalue weighted by Crippen LogP contribution is 2.23. The molecule has 0 saturated carbocycles. The van der Waals surface area contributed by atoms with Crippen molar-refractivity contribution in [2.45, 2.75) is 40.0 Å². The third-order valence-corrected chi connectivity index (χ3v) is 3.85. The van der Waals surface area contributed by atoms with Crippen molar-refractivity contribution in [3.05, 3.63) is 0 Å². The average Bonchev–Trinajstić information content (AvgIpc) is 2.21. The Morgan fingerprint density at radius 2 is 2.20 bits per heavy atom. The molecule has 90 valence electrons. The maximum atomic E-state index is 5.82. The van der Waals surface area contributed by atoms with Crippen molar-refractivity contribution in [2.24, 2.45) is 23.5 Å². The van der Waals surface area contributed by atoms with Gasteiger partial charge in [0, 0.05) is 13.1 Å². The van der Waals surface area contributed by atoms with Gasteiger partial charge >= 0.3 is 0 Å². The van der Waals surface area contributed by atoms with Crippen molar-refractivity contribution in [3.8, 4) is 0 Å². The van der Waals surface area contributed by atoms with E-state index in [9.17, 15) is 0 Å². The Kier molecular flexibility index (Phi) is 5.62. The van der Waals surface area contributed by atoms with Gasteiger partial charge in [0.2, 0.25) is 0 Å². The van der Waals surface area contributed by atoms with Crippen LogP contribution in [0.15, 0.2) is 0 Å². The minimum absolute atomic E-state index is 0.729. The van der Waals surface area contributed by atoms with Crippen molar-refractivity contribution in [1.29, 1.82) is 0 Å². The van der Waals surface area contributed by atoms with Crippen LogP contribution in [0, 0.1) is 17.8 Å². The number of nitrogens with zero attached hydrogens (tertiary/aromatic N) is 1. The van der Waals surface area contributed by atoms with Gasteiger partial charge in [0.15, 0.2) is 0 Å². The van der Waals surface area contributed by atoms with Crippen LogP contribution in [0.25, 0.3) is 0 Å². The van der Waals surface area contributed by atoms with Crippen molar-refractivity contribution < 1.29 is 0 Å². The van der Waals surface area contributed by atoms with Gasteiger partial charge < -0.3 is 10.6 Å². The summed E-state index contributed by atoms with van der Waals surface area (Å²) in [5.74, 6) is 2.40. The topological polar surface area (TPSA) is 29.3 Å². The van der Waals surface area contributed by atoms with E-state index < -0.39 is 0 Å². The van der Waals surface area contributed by atoms with Crippen molar-refractivity contribution >= 4 is 0 Å². The molecular formula is C13H28N2. The fourth-order valence-corrected chi connectivity index (χ4v) is 2.72. The molecule has 2 heteroatoms. The fraction of sp³-hybridized carbons (Fsp3) is 1.00. The van der Waals surface area contributed by atoms with Gasteiger partial charge in [-0.1, -0.05) is 27.2 Å². The summed E-state index contributed by atoms with van der Waals surface area (Å²) in [6.07, 6.45) is 4.01. The van der Waals surface area contributed by atoms with Crippen LogP contribution in [0.4, 0.5) is 0 Å². The predicted octanol–water partition coefficient (Wildman–Crippen LogP) is 2.34. The molecule has 0 aliphatic carbocycles. The fourth-order valence-electron chi connectivity index (χ4n) is 2.72. The maximum absolute atomic E-state index is 5.82. The van der Waals surface area contributed by atoms with Crippen LogP contribution in [0.2, 0.25) is 0 Å². The summed E-state index contributed by atoms with van der Waals surface area (Å²) in [6.45, 7) is 11.6. The van der Waals surface area contributed by atoms with Crippen LogP contribution in [0.1, 0.15) is 40.0 Å². The van der Waals surface area contributed by atoms with Crippen LogP contribution in [-0.4, -0.2) is 31.1 Å². The average molecular weight is 212 g/mol. The molecule has 1 heterocycles. The lowest BCUT2D eigenvalue weighted by molar-refractivity contribution is 0.116. The van der Waals surface area contributed by atoms with E-state index in [4.69, 9.17) is 5.73 Å². The number of hydrogen-bond acceptors (Lipinski definition) is 2. The molecule has 1 fully saturated rings. The molecule has 0 spiro atoms. The molecule has 2 nitrogen and oxygen atoms in total. The van der Waals surface area contributed by atoms with Gasteiger partial charge in [-0.2, -0.15) is 0 Å². The van der Waals surface area contributed by atoms with Gasteiger partial charge in [-0.25, -0.2) is 0 Å². The van der Waals surface area contributed by atoms with E-state index in [0.29, 0.717) is 0 Å². The predicted molar refractivity (Wildman–Crippen MR) is 66.8 cm³/mol. The molecule has 3 unspecified atom stereocenters. The summed E-state index contributed by atoms with van der Waals surface area (Å²) in [4.78, 5) is 2.62. The van der Waals surface area contributed by atoms with E-state index in [0.717, 1.165) is 24.3 Å². The van der Waals surface area contributed by atoms with E-state index in [1.54, 1.807) is 0 Å². The Balaban J connectivity index is 2.31. The van der Waals surface area contributed by atoms with Crippen molar-refractivity contribution in [2.75, 3.05) is 26.2 Å². The lowest BCUT2D eigenvalue weighted by atomic mass is 9.86. The van der Waals surface area contributed by atoms with E-state index >= 15 is 0 Å². The monoisotopic (exact) mass is 212 g/mol. The van der Waals surface area contributed by atoms with Crippen molar-refractivity contribution in [3.63, 3.8) is 0 Å². The normalized spacial score (nSPS) is 30.4. The summed E-state index contributed by atoms with van der Waals surface area (Å²) in [6, 6.07) is 0. The van der Waals surface area contributed by atoms with Crippen LogP contribution in [0.3, 0.4) is 0 Å². The summed E-state index contributed by atoms with van der Waals surface area (Å²) < 4.78 is 0. The molecule has 0 aromatic rings. The summed E-state index contributed by atoms with van der Waals surface area (Å²) in [7, 11) is 0. The second-order valence-electron chi connectivity index (χ2n) is 5.42. The highest BCUT2D eigenvalue weighted by atomic mass is 15.1. The smallest absolute Gasteiger partial charge is 0.00244 e. The molecule has 1 aliphatic rings. The Morgan fingerprint density at radius 3 is 2.80 bits per heavy atom. The van der Waals surface area contributed by atoms with E-state index in [1.807, 2.05) is 0 Å². The summed E-state index contributed by atoms with van der Waals surface area (Å²) >= 11 is 0. The number of hydrogen-bond donors (Lipinski definition) is 1. The second-order valence-corrected chi connectivity index (χ2v) is 5.42. The third kappa shape index (κ3) is 4.12. The highest BCUT2D eigenvalue weighted by Gasteiger charge is 2.25. The van der Waals surface area contributed by atoms with Crippen LogP contribution in [0.5, 0.6) is 0 Å². The first-order chi connectivity index (χ1) is 7.17. The molecule has 2 N–H and O–H groups in total. The quantitative estimate of drug-likeness (QED) is 0.758. The van der Waals surface area contributed by atoms with Crippen LogP contribution < -0.4 is 5.73 Å². The first-order valence-corrected chi connectivity index (χ1v) is 6.59. The molecule has 1 saturated heterocycles. The number of piperidine rings is 1. The molecule has 0 aromatic heterocycles. The molecule has 0 bridgehead atoms. The minimum Gasteiger partial charge on any atom is -0.330 e. The number of likely N-dealkylation sites (tertiary alicyclic amines) is 1. The molecule has 0 aromatic carbocycles. The zero-order valence-corrected chi connectivity index (χ0v) is 10.7. The first-order valence-electron chi connectivity index (χ1n) is 6.59. The zero-order valence-electron chi connectivity index (χ0n) is 10.7. The van der Waals surface area contributed by atoms with Gasteiger partial charge in [0.1, 0.15) is 0 Å². The van der Waals surface area contributed by atoms with Gasteiger partial charge in [0.25, 0.3) is 0 Å². The zero-order chi connectivity index (χ0) is 11.3. The van der Waals surface area contributed by atoms with Crippen molar-refractivity contribution in [1.82, 2.24) is 4.90 Å². The van der Waals surface area contributed by atoms with Gasteiger partial charge in [-0.05, 0) is 43.7 Å². The third-order valence-electron chi connectivity index (χ3n) is 3.85. The SMILES string of the molecule is CCCC(C)CN1CCC(C)C(CN)C1. The molecule has 1 aliphatic heterocycles. The minimum atomic E-state index is 0.729. The van der Waals surface area contributed by atoms with Gasteiger partial charge in [-0.15, -0.1) is 0 Å². The summed E-state index contributed by atoms with van der Waals surface area (Å²) in [5, 5.41) is 0. The van der Waals surface area contributed by atoms with Gasteiger partial charge in [0.05, 0.1) is 0 Å². The second kappa shape index (κ2) is 6.49. The highest BCUT2D eigenvalue weighted by molar-refractivity contribution is 4.79. The Morgan fingerprint density at radius 1 is 1.47 bits per heavy atom. The Labute approximate surface area is 95.2 Å². The standard InChI is InChI=1S/C13H28N2/c1-4-5-11(2)9-15-7-6-12(3)13(8-14)10-15/h11-13H,4-10,14H2,1-3H3. The number of rotatable bonds is 5. The molecular weight excluding hydrogens is 184 g/mol. The first kappa shape index (κ1) is 13.0. The Bertz CT molecular complexity index is 170. The van der Waals surface area contributed by atoms with E-state index in [2.05, 4.69) is 25.7 Å². The van der Waals surface area contributed by atoms with Crippen LogP contribution >= 0.6 is 0 Å². The summed E-state index contributed by atoms with van der Waals surface area (Å²) in [5.41, 5.74) is 5.82. The van der Waals surface area contributed by atoms with Gasteiger partial charge in [-0.3, -0.25) is 0 Å². The van der Waals surface area contributed by atoms with E-state index in [1.165, 1.54) is 38.9 Å². The Hall–Kier alpha value is -0.0800. The molecule has 0 amide bonds. The largest absolute Gasteiger partial charge is 0.330 e.